The second-order valence-corrected chi connectivity index (χ2v) is 6.67. The van der Waals surface area contributed by atoms with Crippen LogP contribution < -0.4 is 10.5 Å². The smallest absolute Gasteiger partial charge is 0.337 e. The molecule has 0 aliphatic carbocycles. The third-order valence-electron chi connectivity index (χ3n) is 2.77. The van der Waals surface area contributed by atoms with Crippen molar-refractivity contribution in [2.24, 2.45) is 0 Å². The Hall–Kier alpha value is -1.32. The summed E-state index contributed by atoms with van der Waals surface area (Å²) in [6, 6.07) is 2.75. The quantitative estimate of drug-likeness (QED) is 0.704. The van der Waals surface area contributed by atoms with E-state index >= 15 is 0 Å². The largest absolute Gasteiger partial charge is 0.478 e. The molecule has 1 heterocycles. The lowest BCUT2D eigenvalue weighted by Gasteiger charge is -2.30. The van der Waals surface area contributed by atoms with Crippen LogP contribution in [0.15, 0.2) is 16.6 Å². The molecule has 9 heteroatoms. The monoisotopic (exact) mass is 349 g/mol. The number of hydrogen-bond acceptors (Lipinski definition) is 4. The van der Waals surface area contributed by atoms with Crippen LogP contribution in [0.3, 0.4) is 0 Å². The highest BCUT2D eigenvalue weighted by Crippen LogP contribution is 2.30. The fraction of sp³-hybridized carbons (Fsp3) is 0.300. The van der Waals surface area contributed by atoms with Gasteiger partial charge in [0.2, 0.25) is 0 Å². The van der Waals surface area contributed by atoms with Gasteiger partial charge in [-0.3, -0.25) is 4.72 Å². The number of aromatic carboxylic acids is 1. The number of nitrogens with zero attached hydrogens (tertiary/aromatic N) is 1. The van der Waals surface area contributed by atoms with Crippen LogP contribution in [0.4, 0.5) is 11.4 Å². The predicted octanol–water partition coefficient (Wildman–Crippen LogP) is 1.09. The van der Waals surface area contributed by atoms with Gasteiger partial charge in [0.25, 0.3) is 0 Å². The lowest BCUT2D eigenvalue weighted by Crippen LogP contribution is -2.45. The standard InChI is InChI=1S/C10H12BrN3O4S/c11-6-4-7(10(15)16)9(12)8(5-6)13-19(17,18)14-2-1-3-14/h4-5,13H,1-3,12H2,(H,15,16). The zero-order chi connectivity index (χ0) is 14.2. The van der Waals surface area contributed by atoms with E-state index in [1.54, 1.807) is 0 Å². The van der Waals surface area contributed by atoms with Gasteiger partial charge in [-0.05, 0) is 18.6 Å². The highest BCUT2D eigenvalue weighted by Gasteiger charge is 2.28. The van der Waals surface area contributed by atoms with Crippen molar-refractivity contribution >= 4 is 43.5 Å². The van der Waals surface area contributed by atoms with Gasteiger partial charge in [-0.2, -0.15) is 12.7 Å². The van der Waals surface area contributed by atoms with Gasteiger partial charge < -0.3 is 10.8 Å². The minimum Gasteiger partial charge on any atom is -0.478 e. The third kappa shape index (κ3) is 2.82. The number of hydrogen-bond donors (Lipinski definition) is 3. The fourth-order valence-corrected chi connectivity index (χ4v) is 3.38. The number of carboxylic acids is 1. The summed E-state index contributed by atoms with van der Waals surface area (Å²) in [7, 11) is -3.67. The van der Waals surface area contributed by atoms with E-state index in [4.69, 9.17) is 10.8 Å². The number of halogens is 1. The Morgan fingerprint density at radius 1 is 1.42 bits per heavy atom. The number of nitrogens with two attached hydrogens (primary N) is 1. The number of carbonyl (C=O) groups is 1. The molecule has 104 valence electrons. The van der Waals surface area contributed by atoms with Crippen LogP contribution in [-0.2, 0) is 10.2 Å². The Morgan fingerprint density at radius 3 is 2.53 bits per heavy atom. The molecule has 0 spiro atoms. The van der Waals surface area contributed by atoms with Crippen LogP contribution in [0.2, 0.25) is 0 Å². The molecule has 1 aliphatic rings. The van der Waals surface area contributed by atoms with E-state index in [1.165, 1.54) is 16.4 Å². The summed E-state index contributed by atoms with van der Waals surface area (Å²) in [6.45, 7) is 0.907. The van der Waals surface area contributed by atoms with Crippen LogP contribution >= 0.6 is 15.9 Å². The molecular formula is C10H12BrN3O4S. The van der Waals surface area contributed by atoms with Gasteiger partial charge in [-0.15, -0.1) is 0 Å². The summed E-state index contributed by atoms with van der Waals surface area (Å²) in [5.41, 5.74) is 5.46. The van der Waals surface area contributed by atoms with Gasteiger partial charge in [-0.25, -0.2) is 4.79 Å². The molecule has 0 amide bonds. The van der Waals surface area contributed by atoms with E-state index in [0.717, 1.165) is 6.42 Å². The Kier molecular flexibility index (Phi) is 3.70. The Morgan fingerprint density at radius 2 is 2.05 bits per heavy atom. The summed E-state index contributed by atoms with van der Waals surface area (Å²) in [5, 5.41) is 8.99. The average Bonchev–Trinajstić information content (AvgIpc) is 2.18. The van der Waals surface area contributed by atoms with Crippen molar-refractivity contribution in [2.75, 3.05) is 23.5 Å². The van der Waals surface area contributed by atoms with E-state index in [1.807, 2.05) is 0 Å². The van der Waals surface area contributed by atoms with Gasteiger partial charge in [0.1, 0.15) is 0 Å². The highest BCUT2D eigenvalue weighted by atomic mass is 79.9. The molecule has 0 bridgehead atoms. The molecule has 0 atom stereocenters. The summed E-state index contributed by atoms with van der Waals surface area (Å²) in [4.78, 5) is 11.0. The highest BCUT2D eigenvalue weighted by molar-refractivity contribution is 9.10. The molecule has 2 rings (SSSR count). The normalized spacial score (nSPS) is 15.8. The van der Waals surface area contributed by atoms with E-state index < -0.39 is 16.2 Å². The van der Waals surface area contributed by atoms with Crippen molar-refractivity contribution in [1.82, 2.24) is 4.31 Å². The molecule has 1 aromatic rings. The van der Waals surface area contributed by atoms with E-state index in [9.17, 15) is 13.2 Å². The number of benzene rings is 1. The van der Waals surface area contributed by atoms with Crippen molar-refractivity contribution < 1.29 is 18.3 Å². The van der Waals surface area contributed by atoms with Gasteiger partial charge in [0.05, 0.1) is 16.9 Å². The van der Waals surface area contributed by atoms with Crippen molar-refractivity contribution in [3.8, 4) is 0 Å². The van der Waals surface area contributed by atoms with Gasteiger partial charge >= 0.3 is 16.2 Å². The molecule has 7 nitrogen and oxygen atoms in total. The molecule has 0 radical (unpaired) electrons. The van der Waals surface area contributed by atoms with Gasteiger partial charge in [0, 0.05) is 17.6 Å². The van der Waals surface area contributed by atoms with Crippen molar-refractivity contribution in [3.05, 3.63) is 22.2 Å². The van der Waals surface area contributed by atoms with Crippen LogP contribution in [0, 0.1) is 0 Å². The molecule has 0 unspecified atom stereocenters. The van der Waals surface area contributed by atoms with Crippen molar-refractivity contribution in [2.45, 2.75) is 6.42 Å². The summed E-state index contributed by atoms with van der Waals surface area (Å²) in [6.07, 6.45) is 0.815. The second-order valence-electron chi connectivity index (χ2n) is 4.08. The molecule has 0 aromatic heterocycles. The average molecular weight is 350 g/mol. The van der Waals surface area contributed by atoms with Crippen LogP contribution in [0.1, 0.15) is 16.8 Å². The lowest BCUT2D eigenvalue weighted by atomic mass is 10.1. The van der Waals surface area contributed by atoms with Gasteiger partial charge in [0.15, 0.2) is 0 Å². The summed E-state index contributed by atoms with van der Waals surface area (Å²) < 4.78 is 27.8. The first-order valence-corrected chi connectivity index (χ1v) is 7.65. The van der Waals surface area contributed by atoms with E-state index in [2.05, 4.69) is 20.7 Å². The maximum atomic E-state index is 11.9. The fourth-order valence-electron chi connectivity index (χ4n) is 1.61. The minimum atomic E-state index is -3.67. The molecule has 19 heavy (non-hydrogen) atoms. The maximum absolute atomic E-state index is 11.9. The van der Waals surface area contributed by atoms with E-state index in [-0.39, 0.29) is 16.9 Å². The number of nitrogen functional groups attached to an aromatic ring is 1. The molecule has 1 fully saturated rings. The van der Waals surface area contributed by atoms with Crippen molar-refractivity contribution in [1.29, 1.82) is 0 Å². The molecule has 1 aromatic carbocycles. The van der Waals surface area contributed by atoms with Crippen LogP contribution in [0.25, 0.3) is 0 Å². The SMILES string of the molecule is Nc1c(NS(=O)(=O)N2CCC2)cc(Br)cc1C(=O)O. The second kappa shape index (κ2) is 4.99. The number of anilines is 2. The molecule has 1 saturated heterocycles. The summed E-state index contributed by atoms with van der Waals surface area (Å²) >= 11 is 3.12. The van der Waals surface area contributed by atoms with E-state index in [0.29, 0.717) is 17.6 Å². The first kappa shape index (κ1) is 14.1. The number of nitrogens with one attached hydrogen (secondary N) is 1. The predicted molar refractivity (Wildman–Crippen MR) is 74.2 cm³/mol. The molecule has 4 N–H and O–H groups in total. The minimum absolute atomic E-state index is 0.0543. The van der Waals surface area contributed by atoms with Crippen LogP contribution in [-0.4, -0.2) is 36.9 Å². The first-order valence-electron chi connectivity index (χ1n) is 5.41. The first-order chi connectivity index (χ1) is 8.81. The number of rotatable bonds is 4. The molecular weight excluding hydrogens is 338 g/mol. The third-order valence-corrected chi connectivity index (χ3v) is 4.75. The zero-order valence-corrected chi connectivity index (χ0v) is 12.2. The topological polar surface area (TPSA) is 113 Å². The maximum Gasteiger partial charge on any atom is 0.337 e. The summed E-state index contributed by atoms with van der Waals surface area (Å²) in [5.74, 6) is -1.22. The molecule has 0 saturated carbocycles. The molecule has 1 aliphatic heterocycles. The lowest BCUT2D eigenvalue weighted by molar-refractivity contribution is 0.0698. The Bertz CT molecular complexity index is 628. The zero-order valence-electron chi connectivity index (χ0n) is 9.76. The van der Waals surface area contributed by atoms with Crippen molar-refractivity contribution in [3.63, 3.8) is 0 Å². The number of carboxylic acid groups (broad SMARTS) is 1. The van der Waals surface area contributed by atoms with Gasteiger partial charge in [-0.1, -0.05) is 15.9 Å². The van der Waals surface area contributed by atoms with Crippen LogP contribution in [0.5, 0.6) is 0 Å². The Labute approximate surface area is 118 Å². The Balaban J connectivity index is 2.37.